The summed E-state index contributed by atoms with van der Waals surface area (Å²) in [6, 6.07) is 8.76. The molecule has 1 aliphatic rings. The summed E-state index contributed by atoms with van der Waals surface area (Å²) in [5.74, 6) is 2.10. The standard InChI is InChI=1S/C18H25N3OS/c1-15-4-3-5-17(12-15)23-11-10-20-6-8-21(9-7-20)13-18-16(2)22-14-19-18/h3-5,12,14H,6-11,13H2,1-2H3. The van der Waals surface area contributed by atoms with Crippen LogP contribution in [0.25, 0.3) is 0 Å². The van der Waals surface area contributed by atoms with Gasteiger partial charge in [-0.25, -0.2) is 4.98 Å². The van der Waals surface area contributed by atoms with E-state index in [0.29, 0.717) is 0 Å². The third-order valence-corrected chi connectivity index (χ3v) is 5.32. The maximum absolute atomic E-state index is 5.28. The van der Waals surface area contributed by atoms with Gasteiger partial charge in [0.2, 0.25) is 0 Å². The maximum atomic E-state index is 5.28. The molecule has 2 aromatic rings. The Bertz CT molecular complexity index is 620. The third-order valence-electron chi connectivity index (χ3n) is 4.35. The summed E-state index contributed by atoms with van der Waals surface area (Å²) in [4.78, 5) is 10.7. The van der Waals surface area contributed by atoms with Gasteiger partial charge in [-0.2, -0.15) is 0 Å². The lowest BCUT2D eigenvalue weighted by Gasteiger charge is -2.34. The van der Waals surface area contributed by atoms with E-state index in [1.54, 1.807) is 6.39 Å². The first-order valence-corrected chi connectivity index (χ1v) is 9.22. The van der Waals surface area contributed by atoms with E-state index in [-0.39, 0.29) is 0 Å². The van der Waals surface area contributed by atoms with E-state index < -0.39 is 0 Å². The molecule has 1 fully saturated rings. The Labute approximate surface area is 142 Å². The van der Waals surface area contributed by atoms with Gasteiger partial charge in [0, 0.05) is 49.9 Å². The van der Waals surface area contributed by atoms with Gasteiger partial charge in [0.1, 0.15) is 5.76 Å². The number of oxazole rings is 1. The van der Waals surface area contributed by atoms with Gasteiger partial charge >= 0.3 is 0 Å². The molecule has 5 heteroatoms. The lowest BCUT2D eigenvalue weighted by molar-refractivity contribution is 0.131. The normalized spacial score (nSPS) is 16.8. The van der Waals surface area contributed by atoms with Crippen molar-refractivity contribution in [2.45, 2.75) is 25.3 Å². The number of benzene rings is 1. The SMILES string of the molecule is Cc1cccc(SCCN2CCN(Cc3ncoc3C)CC2)c1. The average molecular weight is 331 g/mol. The van der Waals surface area contributed by atoms with Crippen molar-refractivity contribution >= 4 is 11.8 Å². The van der Waals surface area contributed by atoms with Crippen molar-refractivity contribution in [2.75, 3.05) is 38.5 Å². The summed E-state index contributed by atoms with van der Waals surface area (Å²) in [5, 5.41) is 0. The second-order valence-corrected chi connectivity index (χ2v) is 7.31. The van der Waals surface area contributed by atoms with Crippen LogP contribution < -0.4 is 0 Å². The molecule has 1 aromatic heterocycles. The molecular weight excluding hydrogens is 306 g/mol. The Morgan fingerprint density at radius 1 is 1.13 bits per heavy atom. The van der Waals surface area contributed by atoms with Crippen LogP contribution >= 0.6 is 11.8 Å². The van der Waals surface area contributed by atoms with Crippen LogP contribution in [0.2, 0.25) is 0 Å². The van der Waals surface area contributed by atoms with Crippen molar-refractivity contribution in [3.05, 3.63) is 47.7 Å². The zero-order valence-electron chi connectivity index (χ0n) is 14.0. The van der Waals surface area contributed by atoms with E-state index in [1.165, 1.54) is 10.5 Å². The van der Waals surface area contributed by atoms with Gasteiger partial charge in [-0.1, -0.05) is 17.7 Å². The Morgan fingerprint density at radius 3 is 2.61 bits per heavy atom. The topological polar surface area (TPSA) is 32.5 Å². The first-order chi connectivity index (χ1) is 11.2. The molecule has 3 rings (SSSR count). The fraction of sp³-hybridized carbons (Fsp3) is 0.500. The maximum Gasteiger partial charge on any atom is 0.181 e. The van der Waals surface area contributed by atoms with Crippen LogP contribution in [0.4, 0.5) is 0 Å². The van der Waals surface area contributed by atoms with E-state index >= 15 is 0 Å². The summed E-state index contributed by atoms with van der Waals surface area (Å²) in [5.41, 5.74) is 2.42. The second kappa shape index (κ2) is 7.99. The summed E-state index contributed by atoms with van der Waals surface area (Å²) in [7, 11) is 0. The lowest BCUT2D eigenvalue weighted by atomic mass is 10.2. The van der Waals surface area contributed by atoms with E-state index in [4.69, 9.17) is 4.42 Å². The number of hydrogen-bond acceptors (Lipinski definition) is 5. The molecule has 23 heavy (non-hydrogen) atoms. The highest BCUT2D eigenvalue weighted by Crippen LogP contribution is 2.19. The summed E-state index contributed by atoms with van der Waals surface area (Å²) >= 11 is 1.96. The molecule has 0 spiro atoms. The number of thioether (sulfide) groups is 1. The Balaban J connectivity index is 1.37. The molecule has 0 atom stereocenters. The summed E-state index contributed by atoms with van der Waals surface area (Å²) < 4.78 is 5.28. The fourth-order valence-electron chi connectivity index (χ4n) is 2.86. The molecule has 0 radical (unpaired) electrons. The molecule has 1 aliphatic heterocycles. The zero-order valence-corrected chi connectivity index (χ0v) is 14.8. The van der Waals surface area contributed by atoms with E-state index in [9.17, 15) is 0 Å². The van der Waals surface area contributed by atoms with Crippen LogP contribution in [0.3, 0.4) is 0 Å². The van der Waals surface area contributed by atoms with Gasteiger partial charge in [-0.05, 0) is 26.0 Å². The second-order valence-electron chi connectivity index (χ2n) is 6.14. The third kappa shape index (κ3) is 4.83. The van der Waals surface area contributed by atoms with Gasteiger partial charge < -0.3 is 4.42 Å². The van der Waals surface area contributed by atoms with E-state index in [1.807, 2.05) is 18.7 Å². The van der Waals surface area contributed by atoms with Crippen molar-refractivity contribution in [1.82, 2.24) is 14.8 Å². The largest absolute Gasteiger partial charge is 0.448 e. The molecule has 1 aromatic carbocycles. The molecule has 2 heterocycles. The number of aryl methyl sites for hydroxylation is 2. The fourth-order valence-corrected chi connectivity index (χ4v) is 3.89. The minimum atomic E-state index is 0.911. The highest BCUT2D eigenvalue weighted by molar-refractivity contribution is 7.99. The molecule has 4 nitrogen and oxygen atoms in total. The Morgan fingerprint density at radius 2 is 1.91 bits per heavy atom. The van der Waals surface area contributed by atoms with Crippen molar-refractivity contribution in [3.8, 4) is 0 Å². The minimum absolute atomic E-state index is 0.911. The van der Waals surface area contributed by atoms with Crippen LogP contribution in [0.1, 0.15) is 17.0 Å². The van der Waals surface area contributed by atoms with Crippen molar-refractivity contribution < 1.29 is 4.42 Å². The number of rotatable bonds is 6. The first-order valence-electron chi connectivity index (χ1n) is 8.24. The van der Waals surface area contributed by atoms with Gasteiger partial charge in [0.25, 0.3) is 0 Å². The molecule has 0 bridgehead atoms. The predicted molar refractivity (Wildman–Crippen MR) is 94.9 cm³/mol. The molecule has 0 unspecified atom stereocenters. The quantitative estimate of drug-likeness (QED) is 0.759. The summed E-state index contributed by atoms with van der Waals surface area (Å²) in [6.45, 7) is 10.7. The Hall–Kier alpha value is -1.30. The minimum Gasteiger partial charge on any atom is -0.448 e. The molecule has 0 N–H and O–H groups in total. The molecule has 1 saturated heterocycles. The van der Waals surface area contributed by atoms with Crippen molar-refractivity contribution in [1.29, 1.82) is 0 Å². The van der Waals surface area contributed by atoms with Gasteiger partial charge in [-0.3, -0.25) is 9.80 Å². The van der Waals surface area contributed by atoms with Crippen LogP contribution in [0.15, 0.2) is 40.0 Å². The predicted octanol–water partition coefficient (Wildman–Crippen LogP) is 3.20. The van der Waals surface area contributed by atoms with Gasteiger partial charge in [-0.15, -0.1) is 11.8 Å². The van der Waals surface area contributed by atoms with Crippen LogP contribution in [-0.2, 0) is 6.54 Å². The molecule has 124 valence electrons. The highest BCUT2D eigenvalue weighted by Gasteiger charge is 2.18. The van der Waals surface area contributed by atoms with Crippen LogP contribution in [-0.4, -0.2) is 53.3 Å². The number of nitrogens with zero attached hydrogens (tertiary/aromatic N) is 3. The zero-order chi connectivity index (χ0) is 16.1. The smallest absolute Gasteiger partial charge is 0.181 e. The number of hydrogen-bond donors (Lipinski definition) is 0. The highest BCUT2D eigenvalue weighted by atomic mass is 32.2. The van der Waals surface area contributed by atoms with E-state index in [2.05, 4.69) is 46.0 Å². The number of piperazine rings is 1. The first kappa shape index (κ1) is 16.6. The van der Waals surface area contributed by atoms with E-state index in [0.717, 1.165) is 56.5 Å². The molecule has 0 amide bonds. The van der Waals surface area contributed by atoms with Crippen LogP contribution in [0.5, 0.6) is 0 Å². The molecular formula is C18H25N3OS. The monoisotopic (exact) mass is 331 g/mol. The van der Waals surface area contributed by atoms with Crippen molar-refractivity contribution in [2.24, 2.45) is 0 Å². The van der Waals surface area contributed by atoms with Crippen LogP contribution in [0, 0.1) is 13.8 Å². The lowest BCUT2D eigenvalue weighted by Crippen LogP contribution is -2.46. The van der Waals surface area contributed by atoms with Gasteiger partial charge in [0.05, 0.1) is 5.69 Å². The van der Waals surface area contributed by atoms with Gasteiger partial charge in [0.15, 0.2) is 6.39 Å². The molecule has 0 aliphatic carbocycles. The average Bonchev–Trinajstić information content (AvgIpc) is 2.94. The summed E-state index contributed by atoms with van der Waals surface area (Å²) in [6.07, 6.45) is 1.55. The Kier molecular flexibility index (Phi) is 5.75. The molecule has 0 saturated carbocycles. The van der Waals surface area contributed by atoms with Crippen molar-refractivity contribution in [3.63, 3.8) is 0 Å². The number of aromatic nitrogens is 1.